The van der Waals surface area contributed by atoms with Gasteiger partial charge in [-0.05, 0) is 59.6 Å². The first-order valence-electron chi connectivity index (χ1n) is 7.75. The molecule has 2 aromatic rings. The first kappa shape index (κ1) is 12.4. The Bertz CT molecular complexity index is 633. The quantitative estimate of drug-likeness (QED) is 0.903. The Hall–Kier alpha value is -1.38. The van der Waals surface area contributed by atoms with Gasteiger partial charge in [-0.3, -0.25) is 0 Å². The summed E-state index contributed by atoms with van der Waals surface area (Å²) >= 11 is 0. The molecule has 2 N–H and O–H groups in total. The van der Waals surface area contributed by atoms with Crippen molar-refractivity contribution in [1.29, 1.82) is 0 Å². The summed E-state index contributed by atoms with van der Waals surface area (Å²) in [5.41, 5.74) is 10.8. The minimum absolute atomic E-state index is 0.000185. The molecular formula is C18H21NO. The van der Waals surface area contributed by atoms with E-state index < -0.39 is 0 Å². The average Bonchev–Trinajstić information content (AvgIpc) is 2.93. The zero-order valence-corrected chi connectivity index (χ0v) is 11.8. The first-order chi connectivity index (χ1) is 9.84. The topological polar surface area (TPSA) is 35.2 Å². The van der Waals surface area contributed by atoms with Crippen molar-refractivity contribution in [1.82, 2.24) is 0 Å². The Labute approximate surface area is 119 Å². The second-order valence-electron chi connectivity index (χ2n) is 6.08. The molecule has 1 aliphatic carbocycles. The molecule has 1 fully saturated rings. The lowest BCUT2D eigenvalue weighted by Gasteiger charge is -2.29. The molecule has 0 amide bonds. The Balaban J connectivity index is 1.80. The number of aryl methyl sites for hydroxylation is 2. The van der Waals surface area contributed by atoms with Crippen LogP contribution in [0.25, 0.3) is 10.8 Å². The van der Waals surface area contributed by atoms with Crippen LogP contribution < -0.4 is 5.73 Å². The van der Waals surface area contributed by atoms with Crippen molar-refractivity contribution in [3.8, 4) is 0 Å². The highest BCUT2D eigenvalue weighted by atomic mass is 16.5. The van der Waals surface area contributed by atoms with Crippen LogP contribution >= 0.6 is 0 Å². The summed E-state index contributed by atoms with van der Waals surface area (Å²) in [7, 11) is 0. The molecule has 0 bridgehead atoms. The van der Waals surface area contributed by atoms with Crippen LogP contribution in [0, 0.1) is 0 Å². The van der Waals surface area contributed by atoms with Gasteiger partial charge in [-0.2, -0.15) is 0 Å². The summed E-state index contributed by atoms with van der Waals surface area (Å²) in [6, 6.07) is 11.2. The van der Waals surface area contributed by atoms with Gasteiger partial charge in [0.1, 0.15) is 0 Å². The standard InChI is InChI=1S/C18H21NO/c19-18(16-6-1-2-11-20-16)15-10-9-13-8-7-12-4-3-5-14(15)17(12)13/h3-5,9-10,16,18H,1-2,6-8,11,19H2. The van der Waals surface area contributed by atoms with Gasteiger partial charge in [0.15, 0.2) is 0 Å². The summed E-state index contributed by atoms with van der Waals surface area (Å²) in [5.74, 6) is 0. The lowest BCUT2D eigenvalue weighted by molar-refractivity contribution is 0.000274. The lowest BCUT2D eigenvalue weighted by Crippen LogP contribution is -2.32. The van der Waals surface area contributed by atoms with E-state index in [0.29, 0.717) is 0 Å². The highest BCUT2D eigenvalue weighted by molar-refractivity contribution is 5.93. The summed E-state index contributed by atoms with van der Waals surface area (Å²) < 4.78 is 5.89. The molecule has 2 unspecified atom stereocenters. The van der Waals surface area contributed by atoms with Gasteiger partial charge in [-0.1, -0.05) is 30.3 Å². The van der Waals surface area contributed by atoms with Crippen LogP contribution in [-0.4, -0.2) is 12.7 Å². The molecule has 0 radical (unpaired) electrons. The second-order valence-corrected chi connectivity index (χ2v) is 6.08. The zero-order valence-electron chi connectivity index (χ0n) is 11.8. The van der Waals surface area contributed by atoms with Crippen LogP contribution in [0.5, 0.6) is 0 Å². The first-order valence-corrected chi connectivity index (χ1v) is 7.75. The van der Waals surface area contributed by atoms with Crippen LogP contribution in [0.15, 0.2) is 30.3 Å². The van der Waals surface area contributed by atoms with Gasteiger partial charge in [0.2, 0.25) is 0 Å². The van der Waals surface area contributed by atoms with Gasteiger partial charge in [0.25, 0.3) is 0 Å². The minimum atomic E-state index is 0.000185. The maximum absolute atomic E-state index is 6.53. The fourth-order valence-electron chi connectivity index (χ4n) is 3.81. The monoisotopic (exact) mass is 267 g/mol. The van der Waals surface area contributed by atoms with Gasteiger partial charge >= 0.3 is 0 Å². The zero-order chi connectivity index (χ0) is 13.5. The average molecular weight is 267 g/mol. The molecule has 2 aromatic carbocycles. The molecule has 0 aromatic heterocycles. The molecule has 0 spiro atoms. The van der Waals surface area contributed by atoms with Crippen LogP contribution in [-0.2, 0) is 17.6 Å². The molecule has 2 heteroatoms. The Morgan fingerprint density at radius 3 is 2.70 bits per heavy atom. The summed E-state index contributed by atoms with van der Waals surface area (Å²) in [5, 5.41) is 2.80. The number of hydrogen-bond acceptors (Lipinski definition) is 2. The molecule has 2 aliphatic rings. The van der Waals surface area contributed by atoms with Crippen molar-refractivity contribution in [2.24, 2.45) is 5.73 Å². The largest absolute Gasteiger partial charge is 0.376 e. The van der Waals surface area contributed by atoms with Crippen molar-refractivity contribution in [2.45, 2.75) is 44.2 Å². The fourth-order valence-corrected chi connectivity index (χ4v) is 3.81. The lowest BCUT2D eigenvalue weighted by atomic mass is 9.91. The summed E-state index contributed by atoms with van der Waals surface area (Å²) in [6.07, 6.45) is 6.02. The number of benzene rings is 2. The molecule has 20 heavy (non-hydrogen) atoms. The third-order valence-corrected chi connectivity index (χ3v) is 4.89. The molecule has 2 nitrogen and oxygen atoms in total. The van der Waals surface area contributed by atoms with Crippen LogP contribution in [0.1, 0.15) is 42.0 Å². The minimum Gasteiger partial charge on any atom is -0.376 e. The fraction of sp³-hybridized carbons (Fsp3) is 0.444. The molecule has 0 saturated carbocycles. The summed E-state index contributed by atoms with van der Waals surface area (Å²) in [4.78, 5) is 0. The number of rotatable bonds is 2. The van der Waals surface area contributed by atoms with Gasteiger partial charge in [-0.15, -0.1) is 0 Å². The normalized spacial score (nSPS) is 23.1. The third kappa shape index (κ3) is 1.87. The van der Waals surface area contributed by atoms with E-state index >= 15 is 0 Å². The molecule has 104 valence electrons. The maximum Gasteiger partial charge on any atom is 0.0767 e. The Morgan fingerprint density at radius 2 is 1.90 bits per heavy atom. The van der Waals surface area contributed by atoms with E-state index in [-0.39, 0.29) is 12.1 Å². The maximum atomic E-state index is 6.53. The van der Waals surface area contributed by atoms with Gasteiger partial charge < -0.3 is 10.5 Å². The molecule has 1 heterocycles. The molecule has 1 aliphatic heterocycles. The van der Waals surface area contributed by atoms with Gasteiger partial charge in [-0.25, -0.2) is 0 Å². The predicted molar refractivity (Wildman–Crippen MR) is 81.9 cm³/mol. The second kappa shape index (κ2) is 4.87. The SMILES string of the molecule is NC(c1ccc2c3c(cccc13)CC2)C1CCCCO1. The van der Waals surface area contributed by atoms with Crippen molar-refractivity contribution in [2.75, 3.05) is 6.61 Å². The molecule has 4 rings (SSSR count). The van der Waals surface area contributed by atoms with Crippen molar-refractivity contribution < 1.29 is 4.74 Å². The van der Waals surface area contributed by atoms with E-state index in [4.69, 9.17) is 10.5 Å². The molecular weight excluding hydrogens is 246 g/mol. The van der Waals surface area contributed by atoms with Crippen molar-refractivity contribution >= 4 is 10.8 Å². The molecule has 2 atom stereocenters. The number of ether oxygens (including phenoxy) is 1. The Kier molecular flexibility index (Phi) is 3.01. The third-order valence-electron chi connectivity index (χ3n) is 4.89. The number of nitrogens with two attached hydrogens (primary N) is 1. The number of hydrogen-bond donors (Lipinski definition) is 1. The highest BCUT2D eigenvalue weighted by Crippen LogP contribution is 2.36. The van der Waals surface area contributed by atoms with Crippen LogP contribution in [0.4, 0.5) is 0 Å². The highest BCUT2D eigenvalue weighted by Gasteiger charge is 2.25. The van der Waals surface area contributed by atoms with E-state index in [1.165, 1.54) is 53.1 Å². The van der Waals surface area contributed by atoms with Crippen LogP contribution in [0.3, 0.4) is 0 Å². The van der Waals surface area contributed by atoms with E-state index in [9.17, 15) is 0 Å². The smallest absolute Gasteiger partial charge is 0.0767 e. The van der Waals surface area contributed by atoms with Gasteiger partial charge in [0.05, 0.1) is 12.1 Å². The van der Waals surface area contributed by atoms with Gasteiger partial charge in [0, 0.05) is 6.61 Å². The predicted octanol–water partition coefficient (Wildman–Crippen LogP) is 3.51. The van der Waals surface area contributed by atoms with E-state index in [1.54, 1.807) is 0 Å². The van der Waals surface area contributed by atoms with E-state index in [2.05, 4.69) is 30.3 Å². The Morgan fingerprint density at radius 1 is 1.05 bits per heavy atom. The summed E-state index contributed by atoms with van der Waals surface area (Å²) in [6.45, 7) is 0.861. The van der Waals surface area contributed by atoms with Crippen LogP contribution in [0.2, 0.25) is 0 Å². The van der Waals surface area contributed by atoms with Crippen molar-refractivity contribution in [3.05, 3.63) is 47.0 Å². The van der Waals surface area contributed by atoms with Crippen molar-refractivity contribution in [3.63, 3.8) is 0 Å². The van der Waals surface area contributed by atoms with E-state index in [0.717, 1.165) is 13.0 Å². The van der Waals surface area contributed by atoms with E-state index in [1.807, 2.05) is 0 Å². The molecule has 1 saturated heterocycles.